The van der Waals surface area contributed by atoms with Gasteiger partial charge in [-0.2, -0.15) is 0 Å². The van der Waals surface area contributed by atoms with E-state index >= 15 is 0 Å². The van der Waals surface area contributed by atoms with E-state index in [0.717, 1.165) is 24.4 Å². The summed E-state index contributed by atoms with van der Waals surface area (Å²) in [5, 5.41) is 3.53. The smallest absolute Gasteiger partial charge is 0.0281 e. The van der Waals surface area contributed by atoms with Crippen molar-refractivity contribution in [3.8, 4) is 0 Å². The number of hydrogen-bond acceptors (Lipinski definition) is 2. The second kappa shape index (κ2) is 5.27. The molecule has 0 unspecified atom stereocenters. The van der Waals surface area contributed by atoms with Crippen molar-refractivity contribution in [3.63, 3.8) is 0 Å². The normalized spacial score (nSPS) is 35.1. The molecule has 2 fully saturated rings. The lowest BCUT2D eigenvalue weighted by molar-refractivity contribution is 0.0181. The zero-order valence-corrected chi connectivity index (χ0v) is 12.1. The first kappa shape index (κ1) is 13.4. The zero-order valence-electron chi connectivity index (χ0n) is 12.1. The van der Waals surface area contributed by atoms with Crippen LogP contribution < -0.4 is 5.32 Å². The van der Waals surface area contributed by atoms with Crippen LogP contribution in [-0.4, -0.2) is 36.1 Å². The van der Waals surface area contributed by atoms with Crippen molar-refractivity contribution < 1.29 is 0 Å². The van der Waals surface area contributed by atoms with Crippen LogP contribution in [0.3, 0.4) is 0 Å². The van der Waals surface area contributed by atoms with Gasteiger partial charge in [-0.25, -0.2) is 0 Å². The third-order valence-electron chi connectivity index (χ3n) is 4.99. The quantitative estimate of drug-likeness (QED) is 0.796. The number of piperazine rings is 1. The van der Waals surface area contributed by atoms with Gasteiger partial charge in [0.15, 0.2) is 0 Å². The summed E-state index contributed by atoms with van der Waals surface area (Å²) >= 11 is 0. The molecule has 2 heteroatoms. The van der Waals surface area contributed by atoms with E-state index in [-0.39, 0.29) is 0 Å². The zero-order chi connectivity index (χ0) is 12.5. The van der Waals surface area contributed by atoms with Gasteiger partial charge >= 0.3 is 0 Å². The Morgan fingerprint density at radius 3 is 2.29 bits per heavy atom. The molecule has 1 aliphatic heterocycles. The summed E-state index contributed by atoms with van der Waals surface area (Å²) in [5.41, 5.74) is 0.355. The highest BCUT2D eigenvalue weighted by molar-refractivity contribution is 4.93. The summed E-state index contributed by atoms with van der Waals surface area (Å²) < 4.78 is 0. The first-order valence-electron chi connectivity index (χ1n) is 7.48. The fourth-order valence-corrected chi connectivity index (χ4v) is 3.75. The second-order valence-corrected chi connectivity index (χ2v) is 7.00. The van der Waals surface area contributed by atoms with Crippen LogP contribution in [0.25, 0.3) is 0 Å². The van der Waals surface area contributed by atoms with Crippen molar-refractivity contribution in [3.05, 3.63) is 0 Å². The molecule has 17 heavy (non-hydrogen) atoms. The maximum Gasteiger partial charge on any atom is 0.0281 e. The molecule has 1 aliphatic carbocycles. The molecule has 0 bridgehead atoms. The van der Waals surface area contributed by atoms with Gasteiger partial charge < -0.3 is 5.32 Å². The van der Waals surface area contributed by atoms with Gasteiger partial charge in [-0.3, -0.25) is 4.90 Å². The molecule has 1 heterocycles. The van der Waals surface area contributed by atoms with Crippen molar-refractivity contribution in [2.75, 3.05) is 19.6 Å². The molecule has 0 aromatic heterocycles. The minimum atomic E-state index is 0.355. The van der Waals surface area contributed by atoms with Crippen LogP contribution in [0.1, 0.15) is 53.4 Å². The molecule has 0 aromatic carbocycles. The number of nitrogens with zero attached hydrogens (tertiary/aromatic N) is 1. The van der Waals surface area contributed by atoms with E-state index in [1.54, 1.807) is 0 Å². The van der Waals surface area contributed by atoms with Gasteiger partial charge in [-0.1, -0.05) is 13.8 Å². The van der Waals surface area contributed by atoms with Gasteiger partial charge in [0.25, 0.3) is 0 Å². The Bertz CT molecular complexity index is 239. The molecular weight excluding hydrogens is 208 g/mol. The van der Waals surface area contributed by atoms with Crippen molar-refractivity contribution in [2.24, 2.45) is 11.8 Å². The summed E-state index contributed by atoms with van der Waals surface area (Å²) in [5.74, 6) is 1.87. The molecule has 2 rings (SSSR count). The largest absolute Gasteiger partial charge is 0.314 e. The van der Waals surface area contributed by atoms with Gasteiger partial charge in [-0.05, 0) is 51.4 Å². The van der Waals surface area contributed by atoms with Gasteiger partial charge in [-0.15, -0.1) is 0 Å². The summed E-state index contributed by atoms with van der Waals surface area (Å²) in [7, 11) is 0. The average Bonchev–Trinajstić information content (AvgIpc) is 2.28. The minimum Gasteiger partial charge on any atom is -0.314 e. The monoisotopic (exact) mass is 238 g/mol. The molecule has 0 amide bonds. The topological polar surface area (TPSA) is 15.3 Å². The Morgan fingerprint density at radius 1 is 1.12 bits per heavy atom. The predicted molar refractivity (Wildman–Crippen MR) is 74.2 cm³/mol. The van der Waals surface area contributed by atoms with Crippen molar-refractivity contribution in [2.45, 2.75) is 65.0 Å². The fourth-order valence-electron chi connectivity index (χ4n) is 3.75. The Balaban J connectivity index is 1.91. The van der Waals surface area contributed by atoms with Crippen LogP contribution in [0.2, 0.25) is 0 Å². The van der Waals surface area contributed by atoms with Crippen LogP contribution in [0.15, 0.2) is 0 Å². The fraction of sp³-hybridized carbons (Fsp3) is 1.00. The van der Waals surface area contributed by atoms with Gasteiger partial charge in [0.2, 0.25) is 0 Å². The molecular formula is C15H30N2. The molecule has 2 aliphatic rings. The molecule has 0 radical (unpaired) electrons. The third-order valence-corrected chi connectivity index (χ3v) is 4.99. The van der Waals surface area contributed by atoms with Gasteiger partial charge in [0.05, 0.1) is 0 Å². The van der Waals surface area contributed by atoms with Crippen LogP contribution in [0, 0.1) is 11.8 Å². The Kier molecular flexibility index (Phi) is 4.14. The summed E-state index contributed by atoms with van der Waals surface area (Å²) in [6.07, 6.45) is 5.74. The van der Waals surface area contributed by atoms with E-state index in [4.69, 9.17) is 0 Å². The minimum absolute atomic E-state index is 0.355. The molecule has 0 atom stereocenters. The Morgan fingerprint density at radius 2 is 1.76 bits per heavy atom. The maximum atomic E-state index is 3.53. The highest BCUT2D eigenvalue weighted by Crippen LogP contribution is 2.34. The van der Waals surface area contributed by atoms with Gasteiger partial charge in [0, 0.05) is 31.2 Å². The van der Waals surface area contributed by atoms with E-state index in [2.05, 4.69) is 37.9 Å². The SMILES string of the molecule is CC(C)C1CCC(N2CCNCC2(C)C)CC1. The summed E-state index contributed by atoms with van der Waals surface area (Å²) in [6, 6.07) is 0.849. The molecule has 0 spiro atoms. The maximum absolute atomic E-state index is 3.53. The lowest BCUT2D eigenvalue weighted by Gasteiger charge is -2.49. The number of rotatable bonds is 2. The highest BCUT2D eigenvalue weighted by Gasteiger charge is 2.36. The summed E-state index contributed by atoms with van der Waals surface area (Å²) in [4.78, 5) is 2.78. The lowest BCUT2D eigenvalue weighted by Crippen LogP contribution is -2.61. The molecule has 0 aromatic rings. The van der Waals surface area contributed by atoms with Crippen molar-refractivity contribution in [1.29, 1.82) is 0 Å². The Hall–Kier alpha value is -0.0800. The molecule has 1 saturated carbocycles. The molecule has 1 N–H and O–H groups in total. The number of hydrogen-bond donors (Lipinski definition) is 1. The van der Waals surface area contributed by atoms with Crippen LogP contribution in [0.5, 0.6) is 0 Å². The molecule has 1 saturated heterocycles. The van der Waals surface area contributed by atoms with Crippen LogP contribution in [0.4, 0.5) is 0 Å². The highest BCUT2D eigenvalue weighted by atomic mass is 15.3. The van der Waals surface area contributed by atoms with E-state index < -0.39 is 0 Å². The molecule has 100 valence electrons. The van der Waals surface area contributed by atoms with E-state index in [9.17, 15) is 0 Å². The standard InChI is InChI=1S/C15H30N2/c1-12(2)13-5-7-14(8-6-13)17-10-9-16-11-15(17,3)4/h12-14,16H,5-11H2,1-4H3. The predicted octanol–water partition coefficient (Wildman–Crippen LogP) is 2.89. The Labute approximate surface area is 107 Å². The second-order valence-electron chi connectivity index (χ2n) is 7.00. The average molecular weight is 238 g/mol. The third kappa shape index (κ3) is 3.03. The van der Waals surface area contributed by atoms with Crippen molar-refractivity contribution in [1.82, 2.24) is 10.2 Å². The van der Waals surface area contributed by atoms with E-state index in [1.807, 2.05) is 0 Å². The molecule has 2 nitrogen and oxygen atoms in total. The van der Waals surface area contributed by atoms with Crippen LogP contribution >= 0.6 is 0 Å². The summed E-state index contributed by atoms with van der Waals surface area (Å²) in [6.45, 7) is 13.1. The van der Waals surface area contributed by atoms with Crippen LogP contribution in [-0.2, 0) is 0 Å². The van der Waals surface area contributed by atoms with Gasteiger partial charge in [0.1, 0.15) is 0 Å². The van der Waals surface area contributed by atoms with E-state index in [1.165, 1.54) is 38.8 Å². The van der Waals surface area contributed by atoms with Crippen molar-refractivity contribution >= 4 is 0 Å². The lowest BCUT2D eigenvalue weighted by atomic mass is 9.78. The van der Waals surface area contributed by atoms with E-state index in [0.29, 0.717) is 5.54 Å². The first-order valence-corrected chi connectivity index (χ1v) is 7.48. The number of nitrogens with one attached hydrogen (secondary N) is 1. The first-order chi connectivity index (χ1) is 8.00.